The van der Waals surface area contributed by atoms with Crippen LogP contribution in [0, 0.1) is 21.4 Å². The van der Waals surface area contributed by atoms with Gasteiger partial charge >= 0.3 is 12.1 Å². The van der Waals surface area contributed by atoms with Gasteiger partial charge in [0.05, 0.1) is 4.92 Å². The number of thiophene rings is 1. The van der Waals surface area contributed by atoms with E-state index in [1.165, 1.54) is 40.5 Å². The number of ketones is 1. The normalized spacial score (nSPS) is 24.2. The lowest BCUT2D eigenvalue weighted by atomic mass is 9.73. The second kappa shape index (κ2) is 12.7. The molecule has 1 aromatic heterocycles. The number of carbonyl (C=O) groups excluding carboxylic acids is 4. The van der Waals surface area contributed by atoms with Crippen molar-refractivity contribution < 1.29 is 38.7 Å². The summed E-state index contributed by atoms with van der Waals surface area (Å²) in [6.45, 7) is -0.426. The number of nitrogens with zero attached hydrogens (tertiary/aromatic N) is 2. The zero-order valence-corrected chi connectivity index (χ0v) is 24.6. The molecule has 3 N–H and O–H groups in total. The second-order valence-electron chi connectivity index (χ2n) is 10.8. The van der Waals surface area contributed by atoms with Gasteiger partial charge in [-0.25, -0.2) is 4.79 Å². The summed E-state index contributed by atoms with van der Waals surface area (Å²) >= 11 is 2.38. The first-order chi connectivity index (χ1) is 20.6. The van der Waals surface area contributed by atoms with Gasteiger partial charge in [-0.15, -0.1) is 23.1 Å². The van der Waals surface area contributed by atoms with Crippen molar-refractivity contribution in [3.8, 4) is 0 Å². The van der Waals surface area contributed by atoms with Gasteiger partial charge in [0.1, 0.15) is 24.1 Å². The number of benzene rings is 1. The Bertz CT molecular complexity index is 1410. The Morgan fingerprint density at radius 3 is 2.49 bits per heavy atom. The van der Waals surface area contributed by atoms with Crippen molar-refractivity contribution in [3.63, 3.8) is 0 Å². The highest BCUT2D eigenvalue weighted by Gasteiger charge is 2.61. The Morgan fingerprint density at radius 1 is 1.14 bits per heavy atom. The predicted octanol–water partition coefficient (Wildman–Crippen LogP) is 3.24. The molecule has 2 saturated heterocycles. The van der Waals surface area contributed by atoms with E-state index in [0.717, 1.165) is 31.0 Å². The molecule has 43 heavy (non-hydrogen) atoms. The first kappa shape index (κ1) is 30.5. The Balaban J connectivity index is 1.21. The fourth-order valence-electron chi connectivity index (χ4n) is 5.69. The van der Waals surface area contributed by atoms with Crippen molar-refractivity contribution in [3.05, 3.63) is 62.3 Å². The molecule has 3 amide bonds. The van der Waals surface area contributed by atoms with Crippen LogP contribution >= 0.6 is 23.1 Å². The standard InChI is InChI=1S/C28H30N4O9S2/c33-22(17-5-2-1-3-6-17)28(26(36)37)14-31-24(35)21(25(31)43-15-28)29-23(34)20(19-7-4-12-42-19)30-27(38)41-13-16-8-10-18(11-9-16)32(39)40/h4,7-12,17,20-21,25H,1-3,5-6,13-15H2,(H,29,34)(H,30,38)(H,36,37)/t20?,21?,25-,28?/m1/s1. The number of aliphatic carboxylic acids is 1. The number of fused-ring (bicyclic) bond motifs is 1. The maximum Gasteiger partial charge on any atom is 0.408 e. The molecule has 3 aliphatic rings. The van der Waals surface area contributed by atoms with E-state index in [9.17, 15) is 39.2 Å². The number of nitrogens with one attached hydrogen (secondary N) is 2. The first-order valence-corrected chi connectivity index (χ1v) is 15.7. The van der Waals surface area contributed by atoms with Crippen LogP contribution in [-0.4, -0.2) is 68.3 Å². The smallest absolute Gasteiger partial charge is 0.408 e. The van der Waals surface area contributed by atoms with Crippen LogP contribution in [0.25, 0.3) is 0 Å². The lowest BCUT2D eigenvalue weighted by Gasteiger charge is -2.53. The maximum absolute atomic E-state index is 13.4. The van der Waals surface area contributed by atoms with Crippen molar-refractivity contribution in [2.75, 3.05) is 12.3 Å². The summed E-state index contributed by atoms with van der Waals surface area (Å²) in [5, 5.41) is 27.3. The Labute approximate surface area is 254 Å². The lowest BCUT2D eigenvalue weighted by molar-refractivity contribution is -0.384. The number of rotatable bonds is 10. The second-order valence-corrected chi connectivity index (χ2v) is 12.9. The Morgan fingerprint density at radius 2 is 1.86 bits per heavy atom. The maximum atomic E-state index is 13.4. The van der Waals surface area contributed by atoms with Crippen LogP contribution in [0.3, 0.4) is 0 Å². The zero-order chi connectivity index (χ0) is 30.7. The SMILES string of the molecule is O=C(NC(C(=O)NC1C(=O)N2CC(C(=O)O)(C(=O)C3CCCCC3)CS[C@H]12)c1cccs1)OCc1ccc([N+](=O)[O-])cc1. The monoisotopic (exact) mass is 630 g/mol. The van der Waals surface area contributed by atoms with Crippen molar-refractivity contribution in [1.82, 2.24) is 15.5 Å². The molecule has 1 aliphatic carbocycles. The average molecular weight is 631 g/mol. The van der Waals surface area contributed by atoms with Gasteiger partial charge in [0, 0.05) is 35.2 Å². The summed E-state index contributed by atoms with van der Waals surface area (Å²) in [6.07, 6.45) is 3.17. The van der Waals surface area contributed by atoms with Gasteiger partial charge in [-0.05, 0) is 42.0 Å². The summed E-state index contributed by atoms with van der Waals surface area (Å²) < 4.78 is 5.22. The number of carbonyl (C=O) groups is 5. The quantitative estimate of drug-likeness (QED) is 0.152. The van der Waals surface area contributed by atoms with Crippen molar-refractivity contribution in [2.45, 2.75) is 56.2 Å². The molecule has 0 spiro atoms. The number of hydrogen-bond donors (Lipinski definition) is 3. The van der Waals surface area contributed by atoms with Gasteiger partial charge in [0.25, 0.3) is 5.69 Å². The molecule has 0 bridgehead atoms. The van der Waals surface area contributed by atoms with Crippen LogP contribution in [0.4, 0.5) is 10.5 Å². The van der Waals surface area contributed by atoms with E-state index in [1.54, 1.807) is 17.5 Å². The topological polar surface area (TPSA) is 185 Å². The number of β-lactam (4-membered cyclic amide) rings is 1. The highest BCUT2D eigenvalue weighted by molar-refractivity contribution is 8.00. The number of thioether (sulfide) groups is 1. The van der Waals surface area contributed by atoms with Crippen LogP contribution in [0.5, 0.6) is 0 Å². The molecule has 13 nitrogen and oxygen atoms in total. The molecule has 1 aromatic carbocycles. The third-order valence-corrected chi connectivity index (χ3v) is 10.6. The number of carboxylic acid groups (broad SMARTS) is 1. The molecule has 228 valence electrons. The van der Waals surface area contributed by atoms with E-state index in [1.807, 2.05) is 0 Å². The number of nitro benzene ring substituents is 1. The van der Waals surface area contributed by atoms with Crippen molar-refractivity contribution in [2.24, 2.45) is 11.3 Å². The summed E-state index contributed by atoms with van der Waals surface area (Å²) in [6, 6.07) is 6.69. The molecule has 4 atom stereocenters. The number of nitro groups is 1. The van der Waals surface area contributed by atoms with E-state index in [0.29, 0.717) is 23.3 Å². The van der Waals surface area contributed by atoms with E-state index >= 15 is 0 Å². The van der Waals surface area contributed by atoms with Crippen LogP contribution in [0.15, 0.2) is 41.8 Å². The molecule has 2 aliphatic heterocycles. The summed E-state index contributed by atoms with van der Waals surface area (Å²) in [7, 11) is 0. The molecular formula is C28H30N4O9S2. The zero-order valence-electron chi connectivity index (χ0n) is 22.9. The van der Waals surface area contributed by atoms with Gasteiger partial charge in [-0.2, -0.15) is 0 Å². The third kappa shape index (κ3) is 6.22. The van der Waals surface area contributed by atoms with Gasteiger partial charge in [0.2, 0.25) is 11.8 Å². The van der Waals surface area contributed by atoms with E-state index < -0.39 is 51.7 Å². The molecule has 3 fully saturated rings. The van der Waals surface area contributed by atoms with Gasteiger partial charge in [-0.1, -0.05) is 25.3 Å². The minimum atomic E-state index is -1.68. The molecule has 1 saturated carbocycles. The molecule has 0 radical (unpaired) electrons. The van der Waals surface area contributed by atoms with E-state index in [4.69, 9.17) is 4.74 Å². The summed E-state index contributed by atoms with van der Waals surface area (Å²) in [4.78, 5) is 77.0. The van der Waals surface area contributed by atoms with Crippen molar-refractivity contribution in [1.29, 1.82) is 0 Å². The van der Waals surface area contributed by atoms with Crippen LogP contribution < -0.4 is 10.6 Å². The number of Topliss-reactive ketones (excluding diaryl/α,β-unsaturated/α-hetero) is 1. The number of ether oxygens (including phenoxy) is 1. The number of hydrogen-bond acceptors (Lipinski definition) is 10. The fraction of sp³-hybridized carbons (Fsp3) is 0.464. The third-order valence-electron chi connectivity index (χ3n) is 8.11. The Hall–Kier alpha value is -3.98. The highest BCUT2D eigenvalue weighted by atomic mass is 32.2. The highest BCUT2D eigenvalue weighted by Crippen LogP contribution is 2.45. The van der Waals surface area contributed by atoms with Crippen LogP contribution in [-0.2, 0) is 30.5 Å². The van der Waals surface area contributed by atoms with E-state index in [2.05, 4.69) is 10.6 Å². The number of amides is 3. The Kier molecular flexibility index (Phi) is 9.01. The van der Waals surface area contributed by atoms with Gasteiger partial charge < -0.3 is 25.4 Å². The summed E-state index contributed by atoms with van der Waals surface area (Å²) in [5.74, 6) is -3.02. The summed E-state index contributed by atoms with van der Waals surface area (Å²) in [5.41, 5.74) is -1.28. The first-order valence-electron chi connectivity index (χ1n) is 13.8. The van der Waals surface area contributed by atoms with Gasteiger partial charge in [-0.3, -0.25) is 29.3 Å². The average Bonchev–Trinajstić information content (AvgIpc) is 3.56. The van der Waals surface area contributed by atoms with Crippen LogP contribution in [0.2, 0.25) is 0 Å². The number of alkyl carbamates (subject to hydrolysis) is 1. The molecule has 5 rings (SSSR count). The number of carboxylic acids is 1. The lowest BCUT2D eigenvalue weighted by Crippen LogP contribution is -2.75. The minimum absolute atomic E-state index is 0.0000563. The minimum Gasteiger partial charge on any atom is -0.480 e. The molecule has 15 heteroatoms. The number of non-ortho nitro benzene ring substituents is 1. The largest absolute Gasteiger partial charge is 0.480 e. The molecule has 3 unspecified atom stereocenters. The molecule has 2 aromatic rings. The van der Waals surface area contributed by atoms with E-state index in [-0.39, 0.29) is 36.3 Å². The molecule has 3 heterocycles. The van der Waals surface area contributed by atoms with Crippen molar-refractivity contribution >= 4 is 58.4 Å². The molecular weight excluding hydrogens is 600 g/mol. The predicted molar refractivity (Wildman–Crippen MR) is 155 cm³/mol. The van der Waals surface area contributed by atoms with Gasteiger partial charge in [0.15, 0.2) is 11.2 Å². The fourth-order valence-corrected chi connectivity index (χ4v) is 8.02. The van der Waals surface area contributed by atoms with Crippen LogP contribution in [0.1, 0.15) is 48.6 Å².